The van der Waals surface area contributed by atoms with E-state index in [1.165, 1.54) is 7.11 Å². The van der Waals surface area contributed by atoms with Crippen molar-refractivity contribution in [2.24, 2.45) is 0 Å². The summed E-state index contributed by atoms with van der Waals surface area (Å²) in [6.45, 7) is -0.225. The Kier molecular flexibility index (Phi) is 2.08. The molecule has 1 heterocycles. The first-order valence-corrected chi connectivity index (χ1v) is 2.88. The molecule has 0 radical (unpaired) electrons. The SMILES string of the molecule is CO[C@@H]1NC(=O)O[C@@H]1CO. The summed E-state index contributed by atoms with van der Waals surface area (Å²) in [6.07, 6.45) is -1.64. The molecule has 10 heavy (non-hydrogen) atoms. The maximum Gasteiger partial charge on any atom is 0.409 e. The minimum atomic E-state index is -0.572. The Hall–Kier alpha value is -0.810. The molecule has 5 nitrogen and oxygen atoms in total. The number of amides is 1. The van der Waals surface area contributed by atoms with Crippen LogP contribution in [0.1, 0.15) is 0 Å². The first-order chi connectivity index (χ1) is 4.77. The molecule has 0 saturated carbocycles. The van der Waals surface area contributed by atoms with Crippen molar-refractivity contribution in [1.82, 2.24) is 5.32 Å². The number of hydrogen-bond acceptors (Lipinski definition) is 4. The van der Waals surface area contributed by atoms with Gasteiger partial charge in [0.1, 0.15) is 0 Å². The van der Waals surface area contributed by atoms with Crippen LogP contribution in [0.4, 0.5) is 4.79 Å². The monoisotopic (exact) mass is 147 g/mol. The number of ether oxygens (including phenoxy) is 2. The Morgan fingerprint density at radius 2 is 2.60 bits per heavy atom. The lowest BCUT2D eigenvalue weighted by Gasteiger charge is -2.11. The van der Waals surface area contributed by atoms with Crippen molar-refractivity contribution in [3.05, 3.63) is 0 Å². The summed E-state index contributed by atoms with van der Waals surface area (Å²) < 4.78 is 9.36. The van der Waals surface area contributed by atoms with Crippen LogP contribution in [0.2, 0.25) is 0 Å². The van der Waals surface area contributed by atoms with Gasteiger partial charge >= 0.3 is 6.09 Å². The summed E-state index contributed by atoms with van der Waals surface area (Å²) in [5, 5.41) is 10.9. The van der Waals surface area contributed by atoms with Crippen LogP contribution >= 0.6 is 0 Å². The molecule has 0 aliphatic carbocycles. The lowest BCUT2D eigenvalue weighted by Crippen LogP contribution is -2.34. The molecule has 0 bridgehead atoms. The van der Waals surface area contributed by atoms with E-state index in [-0.39, 0.29) is 6.61 Å². The highest BCUT2D eigenvalue weighted by Crippen LogP contribution is 2.07. The molecular formula is C5H9NO4. The zero-order valence-electron chi connectivity index (χ0n) is 5.53. The van der Waals surface area contributed by atoms with E-state index >= 15 is 0 Å². The summed E-state index contributed by atoms with van der Waals surface area (Å²) in [5.74, 6) is 0. The van der Waals surface area contributed by atoms with Crippen molar-refractivity contribution in [3.8, 4) is 0 Å². The minimum absolute atomic E-state index is 0.225. The third kappa shape index (κ3) is 1.19. The largest absolute Gasteiger partial charge is 0.439 e. The number of aliphatic hydroxyl groups excluding tert-OH is 1. The normalized spacial score (nSPS) is 31.6. The molecule has 2 atom stereocenters. The second-order valence-electron chi connectivity index (χ2n) is 1.93. The molecule has 5 heteroatoms. The smallest absolute Gasteiger partial charge is 0.409 e. The molecule has 58 valence electrons. The third-order valence-corrected chi connectivity index (χ3v) is 1.29. The highest BCUT2D eigenvalue weighted by Gasteiger charge is 2.33. The van der Waals surface area contributed by atoms with Crippen LogP contribution in [-0.2, 0) is 9.47 Å². The predicted molar refractivity (Wildman–Crippen MR) is 31.3 cm³/mol. The fourth-order valence-corrected chi connectivity index (χ4v) is 0.786. The molecular weight excluding hydrogens is 138 g/mol. The van der Waals surface area contributed by atoms with Crippen LogP contribution < -0.4 is 5.32 Å². The second kappa shape index (κ2) is 2.85. The summed E-state index contributed by atoms with van der Waals surface area (Å²) >= 11 is 0. The summed E-state index contributed by atoms with van der Waals surface area (Å²) in [4.78, 5) is 10.5. The van der Waals surface area contributed by atoms with E-state index in [0.29, 0.717) is 0 Å². The standard InChI is InChI=1S/C5H9NO4/c1-9-4-3(2-7)10-5(8)6-4/h3-4,7H,2H2,1H3,(H,6,8)/t3-,4+/m1/s1. The zero-order valence-corrected chi connectivity index (χ0v) is 5.53. The predicted octanol–water partition coefficient (Wildman–Crippen LogP) is -0.940. The van der Waals surface area contributed by atoms with Gasteiger partial charge in [0.2, 0.25) is 0 Å². The quantitative estimate of drug-likeness (QED) is 0.529. The second-order valence-corrected chi connectivity index (χ2v) is 1.93. The molecule has 1 aliphatic rings. The Balaban J connectivity index is 2.48. The molecule has 1 amide bonds. The number of cyclic esters (lactones) is 1. The average Bonchev–Trinajstić information content (AvgIpc) is 2.30. The van der Waals surface area contributed by atoms with Crippen molar-refractivity contribution in [2.45, 2.75) is 12.3 Å². The van der Waals surface area contributed by atoms with E-state index in [1.807, 2.05) is 0 Å². The molecule has 0 unspecified atom stereocenters. The molecule has 1 aliphatic heterocycles. The Morgan fingerprint density at radius 3 is 3.00 bits per heavy atom. The number of hydrogen-bond donors (Lipinski definition) is 2. The Bertz CT molecular complexity index is 124. The molecule has 0 aromatic carbocycles. The summed E-state index contributed by atoms with van der Waals surface area (Å²) in [5.41, 5.74) is 0. The molecule has 1 fully saturated rings. The van der Waals surface area contributed by atoms with Gasteiger partial charge in [-0.3, -0.25) is 5.32 Å². The lowest BCUT2D eigenvalue weighted by molar-refractivity contribution is -0.00613. The number of carbonyl (C=O) groups excluding carboxylic acids is 1. The van der Waals surface area contributed by atoms with E-state index in [1.54, 1.807) is 0 Å². The average molecular weight is 147 g/mol. The maximum atomic E-state index is 10.5. The number of methoxy groups -OCH3 is 1. The topological polar surface area (TPSA) is 67.8 Å². The summed E-state index contributed by atoms with van der Waals surface area (Å²) in [6, 6.07) is 0. The van der Waals surface area contributed by atoms with Gasteiger partial charge in [0.25, 0.3) is 0 Å². The van der Waals surface area contributed by atoms with Gasteiger partial charge in [0.15, 0.2) is 12.3 Å². The van der Waals surface area contributed by atoms with E-state index in [0.717, 1.165) is 0 Å². The molecule has 0 aromatic heterocycles. The van der Waals surface area contributed by atoms with Gasteiger partial charge < -0.3 is 14.6 Å². The van der Waals surface area contributed by atoms with E-state index in [9.17, 15) is 4.79 Å². The van der Waals surface area contributed by atoms with Gasteiger partial charge in [-0.2, -0.15) is 0 Å². The van der Waals surface area contributed by atoms with Crippen molar-refractivity contribution < 1.29 is 19.4 Å². The van der Waals surface area contributed by atoms with Crippen LogP contribution in [0.25, 0.3) is 0 Å². The summed E-state index contributed by atoms with van der Waals surface area (Å²) in [7, 11) is 1.43. The van der Waals surface area contributed by atoms with Crippen LogP contribution in [0, 0.1) is 0 Å². The fourth-order valence-electron chi connectivity index (χ4n) is 0.786. The van der Waals surface area contributed by atoms with E-state index < -0.39 is 18.4 Å². The third-order valence-electron chi connectivity index (χ3n) is 1.29. The van der Waals surface area contributed by atoms with Gasteiger partial charge in [0.05, 0.1) is 6.61 Å². The van der Waals surface area contributed by atoms with Crippen LogP contribution in [0.3, 0.4) is 0 Å². The van der Waals surface area contributed by atoms with E-state index in [4.69, 9.17) is 9.84 Å². The van der Waals surface area contributed by atoms with Crippen molar-refractivity contribution in [2.75, 3.05) is 13.7 Å². The van der Waals surface area contributed by atoms with Crippen LogP contribution in [0.15, 0.2) is 0 Å². The zero-order chi connectivity index (χ0) is 7.56. The van der Waals surface area contributed by atoms with Crippen molar-refractivity contribution in [1.29, 1.82) is 0 Å². The molecule has 1 saturated heterocycles. The van der Waals surface area contributed by atoms with E-state index in [2.05, 4.69) is 10.1 Å². The molecule has 0 spiro atoms. The van der Waals surface area contributed by atoms with Gasteiger partial charge in [-0.25, -0.2) is 4.79 Å². The van der Waals surface area contributed by atoms with Gasteiger partial charge in [-0.05, 0) is 0 Å². The number of rotatable bonds is 2. The molecule has 0 aromatic rings. The lowest BCUT2D eigenvalue weighted by atomic mass is 10.3. The number of carbonyl (C=O) groups is 1. The molecule has 1 rings (SSSR count). The fraction of sp³-hybridized carbons (Fsp3) is 0.800. The van der Waals surface area contributed by atoms with Gasteiger partial charge in [-0.1, -0.05) is 0 Å². The first kappa shape index (κ1) is 7.30. The van der Waals surface area contributed by atoms with Crippen LogP contribution in [-0.4, -0.2) is 37.2 Å². The van der Waals surface area contributed by atoms with Crippen molar-refractivity contribution >= 4 is 6.09 Å². The highest BCUT2D eigenvalue weighted by molar-refractivity contribution is 5.69. The Morgan fingerprint density at radius 1 is 1.90 bits per heavy atom. The van der Waals surface area contributed by atoms with Gasteiger partial charge in [-0.15, -0.1) is 0 Å². The number of nitrogens with one attached hydrogen (secondary N) is 1. The number of alkyl carbamates (subject to hydrolysis) is 1. The maximum absolute atomic E-state index is 10.5. The van der Waals surface area contributed by atoms with Crippen LogP contribution in [0.5, 0.6) is 0 Å². The Labute approximate surface area is 57.9 Å². The minimum Gasteiger partial charge on any atom is -0.439 e. The molecule has 2 N–H and O–H groups in total. The van der Waals surface area contributed by atoms with Crippen molar-refractivity contribution in [3.63, 3.8) is 0 Å². The first-order valence-electron chi connectivity index (χ1n) is 2.88. The van der Waals surface area contributed by atoms with Gasteiger partial charge in [0, 0.05) is 7.11 Å². The highest BCUT2D eigenvalue weighted by atomic mass is 16.6. The number of aliphatic hydroxyl groups is 1.